The largest absolute Gasteiger partial charge is 0.492 e. The summed E-state index contributed by atoms with van der Waals surface area (Å²) >= 11 is 0. The van der Waals surface area contributed by atoms with Gasteiger partial charge in [0.2, 0.25) is 10.0 Å². The minimum atomic E-state index is -5.08. The fourth-order valence-electron chi connectivity index (χ4n) is 4.35. The molecule has 0 amide bonds. The summed E-state index contributed by atoms with van der Waals surface area (Å²) in [5.74, 6) is -4.92. The number of methoxy groups -OCH3 is 1. The van der Waals surface area contributed by atoms with Crippen LogP contribution < -0.4 is 25.2 Å². The van der Waals surface area contributed by atoms with Crippen LogP contribution >= 0.6 is 0 Å². The predicted octanol–water partition coefficient (Wildman–Crippen LogP) is 4.12. The summed E-state index contributed by atoms with van der Waals surface area (Å²) in [5, 5.41) is 25.2. The van der Waals surface area contributed by atoms with Crippen LogP contribution in [0.2, 0.25) is 0 Å². The number of halogens is 6. The van der Waals surface area contributed by atoms with Crippen LogP contribution in [-0.2, 0) is 30.8 Å². The Kier molecular flexibility index (Phi) is 16.7. The number of aliphatic carboxylic acids is 2. The van der Waals surface area contributed by atoms with E-state index in [-0.39, 0.29) is 29.0 Å². The number of nitrogens with two attached hydrogens (primary N) is 1. The highest BCUT2D eigenvalue weighted by atomic mass is 32.2. The first kappa shape index (κ1) is 44.7. The maximum Gasteiger partial charge on any atom is 0.490 e. The number of ether oxygens (including phenoxy) is 3. The van der Waals surface area contributed by atoms with Crippen molar-refractivity contribution in [2.24, 2.45) is 5.73 Å². The van der Waals surface area contributed by atoms with Crippen molar-refractivity contribution < 1.29 is 73.6 Å². The lowest BCUT2D eigenvalue weighted by Gasteiger charge is -2.24. The molecule has 54 heavy (non-hydrogen) atoms. The zero-order valence-electron chi connectivity index (χ0n) is 28.2. The van der Waals surface area contributed by atoms with E-state index in [1.54, 1.807) is 24.3 Å². The second-order valence-corrected chi connectivity index (χ2v) is 12.8. The Morgan fingerprint density at radius 2 is 1.43 bits per heavy atom. The van der Waals surface area contributed by atoms with Gasteiger partial charge in [-0.2, -0.15) is 26.3 Å². The Balaban J connectivity index is 0.000000610. The van der Waals surface area contributed by atoms with Gasteiger partial charge in [-0.25, -0.2) is 27.5 Å². The van der Waals surface area contributed by atoms with Gasteiger partial charge in [-0.15, -0.1) is 0 Å². The minimum absolute atomic E-state index is 0.00875. The molecule has 21 heteroatoms. The van der Waals surface area contributed by atoms with Gasteiger partial charge in [0.25, 0.3) is 0 Å². The smallest absolute Gasteiger partial charge is 0.490 e. The highest BCUT2D eigenvalue weighted by molar-refractivity contribution is 7.89. The quantitative estimate of drug-likeness (QED) is 0.0659. The molecule has 1 saturated heterocycles. The molecule has 3 aromatic rings. The lowest BCUT2D eigenvalue weighted by molar-refractivity contribution is -0.193. The molecule has 4 rings (SSSR count). The molecule has 14 nitrogen and oxygen atoms in total. The summed E-state index contributed by atoms with van der Waals surface area (Å²) in [6.07, 6.45) is -7.74. The van der Waals surface area contributed by atoms with Gasteiger partial charge in [0.05, 0.1) is 23.6 Å². The Morgan fingerprint density at radius 3 is 1.91 bits per heavy atom. The van der Waals surface area contributed by atoms with Crippen molar-refractivity contribution in [3.8, 4) is 11.5 Å². The summed E-state index contributed by atoms with van der Waals surface area (Å²) in [4.78, 5) is 29.5. The highest BCUT2D eigenvalue weighted by Crippen LogP contribution is 2.21. The number of benzene rings is 3. The zero-order chi connectivity index (χ0) is 40.7. The van der Waals surface area contributed by atoms with Crippen molar-refractivity contribution in [1.29, 1.82) is 5.41 Å². The number of hydrogen-bond acceptors (Lipinski definition) is 10. The molecular formula is C33H36F6N4O10S. The van der Waals surface area contributed by atoms with E-state index >= 15 is 0 Å². The van der Waals surface area contributed by atoms with Crippen molar-refractivity contribution in [2.75, 3.05) is 26.8 Å². The van der Waals surface area contributed by atoms with Crippen molar-refractivity contribution in [1.82, 2.24) is 10.0 Å². The van der Waals surface area contributed by atoms with Crippen molar-refractivity contribution in [2.45, 2.75) is 48.7 Å². The van der Waals surface area contributed by atoms with Crippen LogP contribution in [0.1, 0.15) is 34.3 Å². The molecule has 0 saturated carbocycles. The zero-order valence-corrected chi connectivity index (χ0v) is 29.1. The van der Waals surface area contributed by atoms with Crippen LogP contribution in [0, 0.1) is 5.41 Å². The first-order valence-corrected chi connectivity index (χ1v) is 16.9. The van der Waals surface area contributed by atoms with Gasteiger partial charge >= 0.3 is 30.3 Å². The molecule has 296 valence electrons. The number of amidine groups is 1. The molecule has 1 heterocycles. The third-order valence-corrected chi connectivity index (χ3v) is 8.52. The van der Waals surface area contributed by atoms with Gasteiger partial charge in [-0.05, 0) is 86.4 Å². The SMILES string of the molecule is COC(=O)c1ccc(S(=O)(=O)N[C@H](COc2cccc(C(=N)N)c2)Cc2ccc(OC3CCNCC3)cc2)cc1.O=C(O)C(F)(F)F.O=C(O)C(F)(F)F. The van der Waals surface area contributed by atoms with E-state index in [1.165, 1.54) is 31.4 Å². The van der Waals surface area contributed by atoms with Gasteiger partial charge in [0, 0.05) is 5.56 Å². The van der Waals surface area contributed by atoms with Crippen molar-refractivity contribution in [3.63, 3.8) is 0 Å². The molecule has 0 radical (unpaired) electrons. The van der Waals surface area contributed by atoms with Gasteiger partial charge in [-0.3, -0.25) is 5.41 Å². The second-order valence-electron chi connectivity index (χ2n) is 11.1. The molecule has 1 atom stereocenters. The van der Waals surface area contributed by atoms with Gasteiger partial charge in [0.1, 0.15) is 30.0 Å². The first-order chi connectivity index (χ1) is 25.1. The van der Waals surface area contributed by atoms with Crippen molar-refractivity contribution in [3.05, 3.63) is 89.5 Å². The van der Waals surface area contributed by atoms with Crippen LogP contribution in [-0.4, -0.2) is 93.7 Å². The number of carboxylic acids is 2. The van der Waals surface area contributed by atoms with Crippen LogP contribution in [0.15, 0.2) is 77.7 Å². The maximum absolute atomic E-state index is 13.3. The molecule has 7 N–H and O–H groups in total. The molecule has 0 aliphatic carbocycles. The molecule has 0 spiro atoms. The number of rotatable bonds is 12. The monoisotopic (exact) mass is 794 g/mol. The topological polar surface area (TPSA) is 227 Å². The summed E-state index contributed by atoms with van der Waals surface area (Å²) in [7, 11) is -2.69. The lowest BCUT2D eigenvalue weighted by Crippen LogP contribution is -2.40. The summed E-state index contributed by atoms with van der Waals surface area (Å²) in [6.45, 7) is 1.89. The average molecular weight is 795 g/mol. The Bertz CT molecular complexity index is 1790. The molecule has 1 aliphatic heterocycles. The molecule has 1 fully saturated rings. The summed E-state index contributed by atoms with van der Waals surface area (Å²) < 4.78 is 109. The molecular weight excluding hydrogens is 758 g/mol. The molecule has 1 aliphatic rings. The number of carbonyl (C=O) groups excluding carboxylic acids is 1. The number of hydrogen-bond donors (Lipinski definition) is 6. The van der Waals surface area contributed by atoms with Crippen LogP contribution in [0.5, 0.6) is 11.5 Å². The Labute approximate surface area is 304 Å². The van der Waals surface area contributed by atoms with E-state index < -0.39 is 46.3 Å². The molecule has 0 unspecified atom stereocenters. The van der Waals surface area contributed by atoms with E-state index in [0.29, 0.717) is 17.7 Å². The number of alkyl halides is 6. The fourth-order valence-corrected chi connectivity index (χ4v) is 5.58. The Morgan fingerprint density at radius 1 is 0.889 bits per heavy atom. The lowest BCUT2D eigenvalue weighted by atomic mass is 10.1. The van der Waals surface area contributed by atoms with E-state index in [2.05, 4.69) is 14.8 Å². The van der Waals surface area contributed by atoms with Gasteiger partial charge in [0.15, 0.2) is 0 Å². The molecule has 0 aromatic heterocycles. The normalized spacial score (nSPS) is 13.8. The van der Waals surface area contributed by atoms with Crippen LogP contribution in [0.3, 0.4) is 0 Å². The summed E-state index contributed by atoms with van der Waals surface area (Å²) in [5.41, 5.74) is 7.24. The number of esters is 1. The third-order valence-electron chi connectivity index (χ3n) is 6.98. The number of nitrogens with one attached hydrogen (secondary N) is 3. The number of sulfonamides is 1. The number of carboxylic acid groups (broad SMARTS) is 2. The molecule has 3 aromatic carbocycles. The summed E-state index contributed by atoms with van der Waals surface area (Å²) in [6, 6.07) is 19.3. The van der Waals surface area contributed by atoms with Gasteiger partial charge < -0.3 is 35.5 Å². The predicted molar refractivity (Wildman–Crippen MR) is 179 cm³/mol. The van der Waals surface area contributed by atoms with E-state index in [0.717, 1.165) is 37.2 Å². The van der Waals surface area contributed by atoms with Gasteiger partial charge in [-0.1, -0.05) is 24.3 Å². The number of piperidine rings is 1. The number of nitrogen functional groups attached to an aromatic ring is 1. The number of carbonyl (C=O) groups is 3. The highest BCUT2D eigenvalue weighted by Gasteiger charge is 2.39. The minimum Gasteiger partial charge on any atom is -0.492 e. The van der Waals surface area contributed by atoms with Crippen LogP contribution in [0.25, 0.3) is 0 Å². The molecule has 0 bridgehead atoms. The maximum atomic E-state index is 13.3. The first-order valence-electron chi connectivity index (χ1n) is 15.5. The van der Waals surface area contributed by atoms with Crippen LogP contribution in [0.4, 0.5) is 26.3 Å². The van der Waals surface area contributed by atoms with E-state index in [4.69, 9.17) is 40.4 Å². The fraction of sp³-hybridized carbons (Fsp3) is 0.333. The Hall–Kier alpha value is -5.41. The second kappa shape index (κ2) is 20.2. The standard InChI is InChI=1S/C29H34N4O6S.2C2HF3O2/c1-37-29(34)21-7-11-27(12-8-21)40(35,36)33-23(19-38-26-4-2-3-22(18-26)28(30)31)17-20-5-9-24(10-6-20)39-25-13-15-32-16-14-25;2*3-2(4,5)1(6)7/h2-12,18,23,25,32-33H,13-17,19H2,1H3,(H3,30,31);2*(H,6,7)/t23-;;/m0../s1. The van der Waals surface area contributed by atoms with Crippen molar-refractivity contribution >= 4 is 33.8 Å². The third kappa shape index (κ3) is 15.7. The van der Waals surface area contributed by atoms with E-state index in [1.807, 2.05) is 24.3 Å². The average Bonchev–Trinajstić information content (AvgIpc) is 3.11. The van der Waals surface area contributed by atoms with E-state index in [9.17, 15) is 39.6 Å².